The molecule has 3 heterocycles. The van der Waals surface area contributed by atoms with E-state index < -0.39 is 0 Å². The number of aromatic nitrogens is 1. The van der Waals surface area contributed by atoms with E-state index in [-0.39, 0.29) is 11.8 Å². The van der Waals surface area contributed by atoms with Gasteiger partial charge in [-0.1, -0.05) is 18.2 Å². The second-order valence-corrected chi connectivity index (χ2v) is 7.33. The zero-order valence-corrected chi connectivity index (χ0v) is 16.5. The number of para-hydroxylation sites is 1. The summed E-state index contributed by atoms with van der Waals surface area (Å²) < 4.78 is 5.33. The van der Waals surface area contributed by atoms with Crippen molar-refractivity contribution in [2.45, 2.75) is 12.8 Å². The highest BCUT2D eigenvalue weighted by molar-refractivity contribution is 6.06. The number of hydrogen-bond acceptors (Lipinski definition) is 5. The molecule has 0 aliphatic carbocycles. The molecule has 7 heteroatoms. The van der Waals surface area contributed by atoms with Gasteiger partial charge in [-0.2, -0.15) is 0 Å². The lowest BCUT2D eigenvalue weighted by atomic mass is 10.0. The quantitative estimate of drug-likeness (QED) is 0.836. The topological polar surface area (TPSA) is 74.8 Å². The molecule has 152 valence electrons. The number of morpholine rings is 1. The van der Waals surface area contributed by atoms with Gasteiger partial charge in [-0.05, 0) is 36.6 Å². The van der Waals surface area contributed by atoms with Crippen LogP contribution in [0, 0.1) is 0 Å². The fourth-order valence-electron chi connectivity index (χ4n) is 3.83. The van der Waals surface area contributed by atoms with Crippen LogP contribution in [0.2, 0.25) is 0 Å². The second-order valence-electron chi connectivity index (χ2n) is 7.33. The molecule has 29 heavy (non-hydrogen) atoms. The molecule has 1 aromatic heterocycles. The molecule has 1 fully saturated rings. The summed E-state index contributed by atoms with van der Waals surface area (Å²) in [6.45, 7) is 5.27. The number of amides is 2. The smallest absolute Gasteiger partial charge is 0.276 e. The van der Waals surface area contributed by atoms with Crippen LogP contribution in [0.1, 0.15) is 32.8 Å². The first-order chi connectivity index (χ1) is 14.2. The normalized spacial score (nSPS) is 16.9. The third kappa shape index (κ3) is 4.63. The number of nitrogens with one attached hydrogen (secondary N) is 1. The number of pyridine rings is 1. The number of carbonyl (C=O) groups excluding carboxylic acids is 2. The van der Waals surface area contributed by atoms with Crippen LogP contribution in [-0.4, -0.2) is 67.6 Å². The van der Waals surface area contributed by atoms with Gasteiger partial charge in [0.15, 0.2) is 0 Å². The highest BCUT2D eigenvalue weighted by Crippen LogP contribution is 2.27. The molecule has 1 saturated heterocycles. The molecular weight excluding hydrogens is 368 g/mol. The summed E-state index contributed by atoms with van der Waals surface area (Å²) in [5.74, 6) is -0.353. The second kappa shape index (κ2) is 9.15. The maximum atomic E-state index is 13.1. The first kappa shape index (κ1) is 19.5. The van der Waals surface area contributed by atoms with Crippen LogP contribution in [0.4, 0.5) is 5.69 Å². The van der Waals surface area contributed by atoms with Gasteiger partial charge >= 0.3 is 0 Å². The Labute approximate surface area is 170 Å². The Morgan fingerprint density at radius 2 is 1.93 bits per heavy atom. The summed E-state index contributed by atoms with van der Waals surface area (Å²) in [7, 11) is 0. The fraction of sp³-hybridized carbons (Fsp3) is 0.409. The van der Waals surface area contributed by atoms with Crippen LogP contribution in [0.15, 0.2) is 42.6 Å². The van der Waals surface area contributed by atoms with E-state index in [4.69, 9.17) is 4.74 Å². The van der Waals surface area contributed by atoms with Crippen LogP contribution < -0.4 is 10.2 Å². The largest absolute Gasteiger partial charge is 0.379 e. The third-order valence-electron chi connectivity index (χ3n) is 5.41. The van der Waals surface area contributed by atoms with Crippen molar-refractivity contribution in [3.63, 3.8) is 0 Å². The van der Waals surface area contributed by atoms with Crippen molar-refractivity contribution in [1.82, 2.24) is 15.2 Å². The monoisotopic (exact) mass is 394 g/mol. The van der Waals surface area contributed by atoms with Gasteiger partial charge in [-0.15, -0.1) is 0 Å². The molecule has 2 aliphatic rings. The van der Waals surface area contributed by atoms with E-state index in [9.17, 15) is 9.59 Å². The van der Waals surface area contributed by atoms with Crippen molar-refractivity contribution >= 4 is 17.5 Å². The van der Waals surface area contributed by atoms with Crippen molar-refractivity contribution in [3.05, 3.63) is 59.4 Å². The lowest BCUT2D eigenvalue weighted by molar-refractivity contribution is 0.0383. The molecule has 4 rings (SSSR count). The van der Waals surface area contributed by atoms with Gasteiger partial charge in [0, 0.05) is 50.2 Å². The molecule has 7 nitrogen and oxygen atoms in total. The van der Waals surface area contributed by atoms with Gasteiger partial charge in [0.05, 0.1) is 13.2 Å². The predicted octanol–water partition coefficient (Wildman–Crippen LogP) is 1.74. The van der Waals surface area contributed by atoms with Crippen molar-refractivity contribution in [2.75, 3.05) is 50.8 Å². The molecule has 2 amide bonds. The maximum Gasteiger partial charge on any atom is 0.276 e. The lowest BCUT2D eigenvalue weighted by Gasteiger charge is -2.29. The molecule has 2 aliphatic heterocycles. The van der Waals surface area contributed by atoms with Crippen molar-refractivity contribution < 1.29 is 14.3 Å². The molecular formula is C22H26N4O3. The van der Waals surface area contributed by atoms with E-state index in [1.54, 1.807) is 17.0 Å². The van der Waals surface area contributed by atoms with Crippen LogP contribution in [-0.2, 0) is 11.2 Å². The summed E-state index contributed by atoms with van der Waals surface area (Å²) in [5, 5.41) is 2.93. The van der Waals surface area contributed by atoms with Gasteiger partial charge in [-0.25, -0.2) is 0 Å². The minimum absolute atomic E-state index is 0.167. The minimum Gasteiger partial charge on any atom is -0.379 e. The predicted molar refractivity (Wildman–Crippen MR) is 110 cm³/mol. The van der Waals surface area contributed by atoms with Crippen LogP contribution in [0.3, 0.4) is 0 Å². The van der Waals surface area contributed by atoms with E-state index in [0.717, 1.165) is 51.4 Å². The number of rotatable bonds is 5. The maximum absolute atomic E-state index is 13.1. The summed E-state index contributed by atoms with van der Waals surface area (Å²) in [4.78, 5) is 33.9. The van der Waals surface area contributed by atoms with E-state index >= 15 is 0 Å². The number of carbonyl (C=O) groups is 2. The first-order valence-corrected chi connectivity index (χ1v) is 10.2. The number of hydrogen-bond donors (Lipinski definition) is 1. The van der Waals surface area contributed by atoms with Crippen LogP contribution >= 0.6 is 0 Å². The number of ether oxygens (including phenoxy) is 1. The van der Waals surface area contributed by atoms with Crippen LogP contribution in [0.5, 0.6) is 0 Å². The zero-order chi connectivity index (χ0) is 20.1. The number of aryl methyl sites for hydroxylation is 1. The molecule has 0 radical (unpaired) electrons. The SMILES string of the molecule is O=C(NCCN1CCOCC1)c1ccnc(C(=O)N2CCCc3ccccc32)c1. The van der Waals surface area contributed by atoms with E-state index in [0.29, 0.717) is 24.3 Å². The Kier molecular flexibility index (Phi) is 6.17. The molecule has 1 N–H and O–H groups in total. The van der Waals surface area contributed by atoms with Crippen molar-refractivity contribution in [1.29, 1.82) is 0 Å². The molecule has 0 unspecified atom stereocenters. The standard InChI is InChI=1S/C22H26N4O3/c27-21(24-9-11-25-12-14-29-15-13-25)18-7-8-23-19(16-18)22(28)26-10-3-5-17-4-1-2-6-20(17)26/h1-2,4,6-8,16H,3,5,9-15H2,(H,24,27). The van der Waals surface area contributed by atoms with Crippen molar-refractivity contribution in [2.24, 2.45) is 0 Å². The molecule has 1 aromatic carbocycles. The van der Waals surface area contributed by atoms with Gasteiger partial charge < -0.3 is 15.0 Å². The number of benzene rings is 1. The Balaban J connectivity index is 1.40. The summed E-state index contributed by atoms with van der Waals surface area (Å²) in [5.41, 5.74) is 2.85. The average Bonchev–Trinajstić information content (AvgIpc) is 2.79. The number of anilines is 1. The average molecular weight is 394 g/mol. The zero-order valence-electron chi connectivity index (χ0n) is 16.5. The van der Waals surface area contributed by atoms with Gasteiger partial charge in [0.1, 0.15) is 5.69 Å². The van der Waals surface area contributed by atoms with Crippen molar-refractivity contribution in [3.8, 4) is 0 Å². The Morgan fingerprint density at radius 1 is 1.10 bits per heavy atom. The van der Waals surface area contributed by atoms with Gasteiger partial charge in [0.25, 0.3) is 11.8 Å². The Morgan fingerprint density at radius 3 is 2.79 bits per heavy atom. The summed E-state index contributed by atoms with van der Waals surface area (Å²) >= 11 is 0. The van der Waals surface area contributed by atoms with E-state index in [1.807, 2.05) is 18.2 Å². The van der Waals surface area contributed by atoms with E-state index in [1.165, 1.54) is 11.8 Å². The molecule has 0 saturated carbocycles. The molecule has 2 aromatic rings. The van der Waals surface area contributed by atoms with Gasteiger partial charge in [-0.3, -0.25) is 19.5 Å². The number of nitrogens with zero attached hydrogens (tertiary/aromatic N) is 3. The fourth-order valence-corrected chi connectivity index (χ4v) is 3.83. The molecule has 0 bridgehead atoms. The minimum atomic E-state index is -0.186. The summed E-state index contributed by atoms with van der Waals surface area (Å²) in [6, 6.07) is 11.2. The highest BCUT2D eigenvalue weighted by atomic mass is 16.5. The molecule has 0 spiro atoms. The Hall–Kier alpha value is -2.77. The summed E-state index contributed by atoms with van der Waals surface area (Å²) in [6.07, 6.45) is 3.42. The van der Waals surface area contributed by atoms with E-state index in [2.05, 4.69) is 21.3 Å². The first-order valence-electron chi connectivity index (χ1n) is 10.2. The Bertz CT molecular complexity index is 880. The highest BCUT2D eigenvalue weighted by Gasteiger charge is 2.24. The lowest BCUT2D eigenvalue weighted by Crippen LogP contribution is -2.41. The third-order valence-corrected chi connectivity index (χ3v) is 5.41. The van der Waals surface area contributed by atoms with Crippen LogP contribution in [0.25, 0.3) is 0 Å². The van der Waals surface area contributed by atoms with Gasteiger partial charge in [0.2, 0.25) is 0 Å². The number of fused-ring (bicyclic) bond motifs is 1. The molecule has 0 atom stereocenters.